The Hall–Kier alpha value is -1.77. The van der Waals surface area contributed by atoms with Gasteiger partial charge in [0.05, 0.1) is 7.11 Å². The SMILES string of the molecule is C=CCc1cc(N2CCCC2=O)ccc1OC. The Morgan fingerprint density at radius 1 is 1.53 bits per heavy atom. The number of carbonyl (C=O) groups is 1. The van der Waals surface area contributed by atoms with Crippen LogP contribution in [0.3, 0.4) is 0 Å². The second-order valence-corrected chi connectivity index (χ2v) is 4.14. The number of carbonyl (C=O) groups excluding carboxylic acids is 1. The number of benzene rings is 1. The van der Waals surface area contributed by atoms with E-state index in [9.17, 15) is 4.79 Å². The topological polar surface area (TPSA) is 29.5 Å². The molecule has 2 rings (SSSR count). The first-order valence-electron chi connectivity index (χ1n) is 5.84. The Balaban J connectivity index is 2.32. The predicted octanol–water partition coefficient (Wildman–Crippen LogP) is 2.55. The minimum Gasteiger partial charge on any atom is -0.496 e. The molecule has 1 saturated heterocycles. The average Bonchev–Trinajstić information content (AvgIpc) is 2.76. The van der Waals surface area contributed by atoms with Crippen LogP contribution in [0.4, 0.5) is 5.69 Å². The van der Waals surface area contributed by atoms with Crippen LogP contribution in [0.5, 0.6) is 5.75 Å². The zero-order valence-electron chi connectivity index (χ0n) is 10.1. The first kappa shape index (κ1) is 11.7. The number of allylic oxidation sites excluding steroid dienone is 1. The lowest BCUT2D eigenvalue weighted by Crippen LogP contribution is -2.23. The fraction of sp³-hybridized carbons (Fsp3) is 0.357. The van der Waals surface area contributed by atoms with Crippen LogP contribution in [-0.4, -0.2) is 19.6 Å². The van der Waals surface area contributed by atoms with E-state index in [1.165, 1.54) is 0 Å². The summed E-state index contributed by atoms with van der Waals surface area (Å²) in [5, 5.41) is 0. The number of anilines is 1. The maximum Gasteiger partial charge on any atom is 0.227 e. The minimum absolute atomic E-state index is 0.208. The number of amides is 1. The van der Waals surface area contributed by atoms with E-state index in [1.54, 1.807) is 7.11 Å². The molecule has 0 N–H and O–H groups in total. The average molecular weight is 231 g/mol. The zero-order valence-corrected chi connectivity index (χ0v) is 10.1. The van der Waals surface area contributed by atoms with Crippen molar-refractivity contribution < 1.29 is 9.53 Å². The molecule has 0 aliphatic carbocycles. The molecule has 1 aromatic rings. The van der Waals surface area contributed by atoms with Crippen LogP contribution >= 0.6 is 0 Å². The summed E-state index contributed by atoms with van der Waals surface area (Å²) in [7, 11) is 1.66. The molecule has 17 heavy (non-hydrogen) atoms. The summed E-state index contributed by atoms with van der Waals surface area (Å²) in [4.78, 5) is 13.5. The number of ether oxygens (including phenoxy) is 1. The van der Waals surface area contributed by atoms with E-state index >= 15 is 0 Å². The fourth-order valence-corrected chi connectivity index (χ4v) is 2.17. The minimum atomic E-state index is 0.208. The first-order valence-corrected chi connectivity index (χ1v) is 5.84. The second kappa shape index (κ2) is 5.04. The lowest BCUT2D eigenvalue weighted by molar-refractivity contribution is -0.117. The summed E-state index contributed by atoms with van der Waals surface area (Å²) in [6, 6.07) is 5.87. The smallest absolute Gasteiger partial charge is 0.227 e. The highest BCUT2D eigenvalue weighted by Gasteiger charge is 2.22. The van der Waals surface area contributed by atoms with E-state index in [4.69, 9.17) is 4.74 Å². The van der Waals surface area contributed by atoms with Gasteiger partial charge < -0.3 is 9.64 Å². The van der Waals surface area contributed by atoms with E-state index in [0.29, 0.717) is 6.42 Å². The van der Waals surface area contributed by atoms with Gasteiger partial charge in [0, 0.05) is 18.7 Å². The molecule has 1 aromatic carbocycles. The maximum absolute atomic E-state index is 11.7. The number of nitrogens with zero attached hydrogens (tertiary/aromatic N) is 1. The van der Waals surface area contributed by atoms with Gasteiger partial charge in [-0.3, -0.25) is 4.79 Å². The molecule has 0 aromatic heterocycles. The molecule has 0 spiro atoms. The molecule has 1 aliphatic heterocycles. The van der Waals surface area contributed by atoms with Gasteiger partial charge in [0.2, 0.25) is 5.91 Å². The van der Waals surface area contributed by atoms with Gasteiger partial charge in [-0.05, 0) is 36.6 Å². The summed E-state index contributed by atoms with van der Waals surface area (Å²) in [5.41, 5.74) is 2.03. The van der Waals surface area contributed by atoms with E-state index in [-0.39, 0.29) is 5.91 Å². The highest BCUT2D eigenvalue weighted by molar-refractivity contribution is 5.95. The van der Waals surface area contributed by atoms with Gasteiger partial charge in [-0.25, -0.2) is 0 Å². The van der Waals surface area contributed by atoms with Crippen molar-refractivity contribution in [3.05, 3.63) is 36.4 Å². The molecule has 1 fully saturated rings. The summed E-state index contributed by atoms with van der Waals surface area (Å²) >= 11 is 0. The monoisotopic (exact) mass is 231 g/mol. The molecular weight excluding hydrogens is 214 g/mol. The largest absolute Gasteiger partial charge is 0.496 e. The van der Waals surface area contributed by atoms with Gasteiger partial charge >= 0.3 is 0 Å². The molecular formula is C14H17NO2. The van der Waals surface area contributed by atoms with Crippen LogP contribution in [0, 0.1) is 0 Å². The van der Waals surface area contributed by atoms with Crippen molar-refractivity contribution >= 4 is 11.6 Å². The quantitative estimate of drug-likeness (QED) is 0.745. The van der Waals surface area contributed by atoms with E-state index in [2.05, 4.69) is 6.58 Å². The summed E-state index contributed by atoms with van der Waals surface area (Å²) in [6.07, 6.45) is 4.19. The van der Waals surface area contributed by atoms with Gasteiger partial charge in [0.25, 0.3) is 0 Å². The van der Waals surface area contributed by atoms with Crippen LogP contribution in [-0.2, 0) is 11.2 Å². The third kappa shape index (κ3) is 2.33. The van der Waals surface area contributed by atoms with Gasteiger partial charge in [0.1, 0.15) is 5.75 Å². The number of hydrogen-bond acceptors (Lipinski definition) is 2. The van der Waals surface area contributed by atoms with Crippen LogP contribution < -0.4 is 9.64 Å². The predicted molar refractivity (Wildman–Crippen MR) is 68.5 cm³/mol. The molecule has 1 aliphatic rings. The molecule has 1 heterocycles. The van der Waals surface area contributed by atoms with Crippen LogP contribution in [0.25, 0.3) is 0 Å². The molecule has 1 amide bonds. The first-order chi connectivity index (χ1) is 8.26. The molecule has 0 radical (unpaired) electrons. The fourth-order valence-electron chi connectivity index (χ4n) is 2.17. The molecule has 0 bridgehead atoms. The van der Waals surface area contributed by atoms with Gasteiger partial charge in [-0.2, -0.15) is 0 Å². The Bertz CT molecular complexity index is 440. The van der Waals surface area contributed by atoms with Gasteiger partial charge in [-0.15, -0.1) is 6.58 Å². The number of hydrogen-bond donors (Lipinski definition) is 0. The number of rotatable bonds is 4. The Kier molecular flexibility index (Phi) is 3.47. The molecule has 90 valence electrons. The summed E-state index contributed by atoms with van der Waals surface area (Å²) < 4.78 is 5.29. The van der Waals surface area contributed by atoms with Crippen molar-refractivity contribution in [1.82, 2.24) is 0 Å². The van der Waals surface area contributed by atoms with Gasteiger partial charge in [-0.1, -0.05) is 6.08 Å². The van der Waals surface area contributed by atoms with Crippen LogP contribution in [0.2, 0.25) is 0 Å². The highest BCUT2D eigenvalue weighted by Crippen LogP contribution is 2.28. The summed E-state index contributed by atoms with van der Waals surface area (Å²) in [5.74, 6) is 1.06. The lowest BCUT2D eigenvalue weighted by atomic mass is 10.1. The molecule has 0 unspecified atom stereocenters. The second-order valence-electron chi connectivity index (χ2n) is 4.14. The maximum atomic E-state index is 11.7. The zero-order chi connectivity index (χ0) is 12.3. The van der Waals surface area contributed by atoms with Crippen molar-refractivity contribution in [3.8, 4) is 5.75 Å². The Morgan fingerprint density at radius 3 is 2.94 bits per heavy atom. The van der Waals surface area contributed by atoms with E-state index in [1.807, 2.05) is 29.2 Å². The Labute approximate surface area is 102 Å². The normalized spacial score (nSPS) is 15.1. The van der Waals surface area contributed by atoms with Crippen molar-refractivity contribution in [1.29, 1.82) is 0 Å². The molecule has 3 heteroatoms. The molecule has 0 saturated carbocycles. The standard InChI is InChI=1S/C14H17NO2/c1-3-5-11-10-12(7-8-13(11)17-2)15-9-4-6-14(15)16/h3,7-8,10H,1,4-6,9H2,2H3. The van der Waals surface area contributed by atoms with Crippen LogP contribution in [0.1, 0.15) is 18.4 Å². The number of methoxy groups -OCH3 is 1. The van der Waals surface area contributed by atoms with Crippen molar-refractivity contribution in [3.63, 3.8) is 0 Å². The lowest BCUT2D eigenvalue weighted by Gasteiger charge is -2.17. The Morgan fingerprint density at radius 2 is 2.35 bits per heavy atom. The van der Waals surface area contributed by atoms with Crippen molar-refractivity contribution in [2.75, 3.05) is 18.6 Å². The molecule has 3 nitrogen and oxygen atoms in total. The third-order valence-corrected chi connectivity index (χ3v) is 3.01. The molecule has 0 atom stereocenters. The third-order valence-electron chi connectivity index (χ3n) is 3.01. The van der Waals surface area contributed by atoms with E-state index < -0.39 is 0 Å². The summed E-state index contributed by atoms with van der Waals surface area (Å²) in [6.45, 7) is 4.56. The van der Waals surface area contributed by atoms with Crippen molar-refractivity contribution in [2.45, 2.75) is 19.3 Å². The van der Waals surface area contributed by atoms with Crippen molar-refractivity contribution in [2.24, 2.45) is 0 Å². The van der Waals surface area contributed by atoms with E-state index in [0.717, 1.165) is 36.4 Å². The van der Waals surface area contributed by atoms with Gasteiger partial charge in [0.15, 0.2) is 0 Å². The highest BCUT2D eigenvalue weighted by atomic mass is 16.5. The van der Waals surface area contributed by atoms with Crippen LogP contribution in [0.15, 0.2) is 30.9 Å².